The number of hydrogen-bond acceptors (Lipinski definition) is 6. The monoisotopic (exact) mass is 246 g/mol. The highest BCUT2D eigenvalue weighted by Gasteiger charge is 2.43. The fourth-order valence-electron chi connectivity index (χ4n) is 1.86. The average molecular weight is 246 g/mol. The first kappa shape index (κ1) is 12.2. The van der Waals surface area contributed by atoms with Gasteiger partial charge >= 0.3 is 0 Å². The Morgan fingerprint density at radius 3 is 3.00 bits per heavy atom. The van der Waals surface area contributed by atoms with Crippen molar-refractivity contribution in [1.29, 1.82) is 0 Å². The van der Waals surface area contributed by atoms with Crippen LogP contribution < -0.4 is 0 Å². The number of amidine groups is 1. The predicted molar refractivity (Wildman–Crippen MR) is 63.5 cm³/mol. The number of aliphatic hydroxyl groups is 2. The van der Waals surface area contributed by atoms with E-state index in [-0.39, 0.29) is 24.2 Å². The highest BCUT2D eigenvalue weighted by atomic mass is 32.2. The average Bonchev–Trinajstić information content (AvgIpc) is 2.72. The van der Waals surface area contributed by atoms with Crippen LogP contribution in [0.3, 0.4) is 0 Å². The van der Waals surface area contributed by atoms with E-state index in [2.05, 4.69) is 11.9 Å². The molecule has 0 radical (unpaired) electrons. The molecule has 0 aromatic heterocycles. The first-order chi connectivity index (χ1) is 7.65. The molecule has 2 unspecified atom stereocenters. The summed E-state index contributed by atoms with van der Waals surface area (Å²) in [5.41, 5.74) is -0.148. The van der Waals surface area contributed by atoms with E-state index in [1.807, 2.05) is 11.9 Å². The van der Waals surface area contributed by atoms with E-state index in [0.717, 1.165) is 11.7 Å². The van der Waals surface area contributed by atoms with Gasteiger partial charge in [0, 0.05) is 20.0 Å². The Bertz CT molecular complexity index is 287. The number of hydrogen-bond donors (Lipinski definition) is 2. The normalized spacial score (nSPS) is 38.1. The first-order valence-electron chi connectivity index (χ1n) is 5.55. The molecular weight excluding hydrogens is 228 g/mol. The van der Waals surface area contributed by atoms with Gasteiger partial charge < -0.3 is 19.8 Å². The van der Waals surface area contributed by atoms with Crippen LogP contribution in [0.1, 0.15) is 13.3 Å². The molecule has 1 saturated heterocycles. The van der Waals surface area contributed by atoms with Gasteiger partial charge in [-0.3, -0.25) is 4.99 Å². The number of ether oxygens (including phenoxy) is 1. The molecular formula is C10H18N2O3S. The van der Waals surface area contributed by atoms with Crippen molar-refractivity contribution in [3.05, 3.63) is 0 Å². The Kier molecular flexibility index (Phi) is 3.73. The number of aliphatic imine (C=N–C) groups is 1. The zero-order valence-electron chi connectivity index (χ0n) is 9.54. The largest absolute Gasteiger partial charge is 0.394 e. The lowest BCUT2D eigenvalue weighted by Crippen LogP contribution is -2.45. The van der Waals surface area contributed by atoms with Crippen LogP contribution in [0.5, 0.6) is 0 Å². The van der Waals surface area contributed by atoms with Crippen molar-refractivity contribution in [1.82, 2.24) is 4.90 Å². The molecule has 92 valence electrons. The maximum atomic E-state index is 9.92. The van der Waals surface area contributed by atoms with Crippen molar-refractivity contribution in [2.45, 2.75) is 37.0 Å². The summed E-state index contributed by atoms with van der Waals surface area (Å²) in [4.78, 5) is 6.51. The van der Waals surface area contributed by atoms with Crippen LogP contribution in [0, 0.1) is 0 Å². The quantitative estimate of drug-likeness (QED) is 0.711. The van der Waals surface area contributed by atoms with E-state index in [0.29, 0.717) is 6.42 Å². The number of thioether (sulfide) groups is 1. The van der Waals surface area contributed by atoms with E-state index in [4.69, 9.17) is 9.84 Å². The maximum Gasteiger partial charge on any atom is 0.162 e. The smallest absolute Gasteiger partial charge is 0.162 e. The third-order valence-corrected chi connectivity index (χ3v) is 4.24. The Hall–Kier alpha value is -0.300. The van der Waals surface area contributed by atoms with Gasteiger partial charge in [-0.05, 0) is 6.92 Å². The number of nitrogens with zero attached hydrogens (tertiary/aromatic N) is 2. The van der Waals surface area contributed by atoms with Crippen molar-refractivity contribution >= 4 is 16.9 Å². The fraction of sp³-hybridized carbons (Fsp3) is 0.900. The summed E-state index contributed by atoms with van der Waals surface area (Å²) < 4.78 is 5.67. The second-order valence-electron chi connectivity index (χ2n) is 4.15. The summed E-state index contributed by atoms with van der Waals surface area (Å²) in [6.07, 6.45) is -0.304. The van der Waals surface area contributed by atoms with Crippen LogP contribution in [-0.4, -0.2) is 64.2 Å². The van der Waals surface area contributed by atoms with Gasteiger partial charge in [-0.1, -0.05) is 11.8 Å². The van der Waals surface area contributed by atoms with Crippen molar-refractivity contribution < 1.29 is 14.9 Å². The van der Waals surface area contributed by atoms with E-state index in [1.165, 1.54) is 11.8 Å². The summed E-state index contributed by atoms with van der Waals surface area (Å²) >= 11 is 1.53. The van der Waals surface area contributed by atoms with Crippen molar-refractivity contribution in [2.75, 3.05) is 20.2 Å². The van der Waals surface area contributed by atoms with Gasteiger partial charge in [0.25, 0.3) is 0 Å². The minimum atomic E-state index is -0.508. The third-order valence-electron chi connectivity index (χ3n) is 2.99. The molecule has 2 rings (SSSR count). The molecule has 0 bridgehead atoms. The Labute approximate surface area is 99.5 Å². The van der Waals surface area contributed by atoms with Crippen LogP contribution >= 0.6 is 11.8 Å². The summed E-state index contributed by atoms with van der Waals surface area (Å²) in [6.45, 7) is 2.89. The molecule has 2 aliphatic heterocycles. The summed E-state index contributed by atoms with van der Waals surface area (Å²) in [5, 5.41) is 19.9. The standard InChI is InChI=1S/C10H18N2O3S/c1-3-12(2)10-11-8-7(14)4-6(5-13)15-9(8)16-10/h6-9,13-14H,3-5H2,1-2H3/t6?,7?,8-,9-/m1/s1. The molecule has 0 aromatic rings. The zero-order chi connectivity index (χ0) is 11.7. The molecule has 1 fully saturated rings. The SMILES string of the molecule is CCN(C)C1=N[C@@H]2C(O)CC(CO)O[C@@H]2S1. The van der Waals surface area contributed by atoms with Gasteiger partial charge in [-0.2, -0.15) is 0 Å². The summed E-state index contributed by atoms with van der Waals surface area (Å²) in [5.74, 6) is 0. The van der Waals surface area contributed by atoms with Gasteiger partial charge in [0.15, 0.2) is 5.17 Å². The zero-order valence-corrected chi connectivity index (χ0v) is 10.4. The van der Waals surface area contributed by atoms with Crippen LogP contribution in [0.15, 0.2) is 4.99 Å². The Morgan fingerprint density at radius 1 is 1.62 bits per heavy atom. The number of aliphatic hydroxyl groups excluding tert-OH is 2. The van der Waals surface area contributed by atoms with Crippen LogP contribution in [0.2, 0.25) is 0 Å². The Balaban J connectivity index is 2.05. The van der Waals surface area contributed by atoms with Crippen molar-refractivity contribution in [2.24, 2.45) is 4.99 Å². The molecule has 0 amide bonds. The van der Waals surface area contributed by atoms with Crippen LogP contribution in [-0.2, 0) is 4.74 Å². The van der Waals surface area contributed by atoms with Crippen LogP contribution in [0.4, 0.5) is 0 Å². The first-order valence-corrected chi connectivity index (χ1v) is 6.43. The lowest BCUT2D eigenvalue weighted by atomic mass is 10.0. The Morgan fingerprint density at radius 2 is 2.38 bits per heavy atom. The molecule has 0 aliphatic carbocycles. The van der Waals surface area contributed by atoms with Gasteiger partial charge in [-0.25, -0.2) is 0 Å². The van der Waals surface area contributed by atoms with Gasteiger partial charge in [0.2, 0.25) is 0 Å². The molecule has 0 spiro atoms. The molecule has 5 nitrogen and oxygen atoms in total. The van der Waals surface area contributed by atoms with E-state index >= 15 is 0 Å². The van der Waals surface area contributed by atoms with Crippen molar-refractivity contribution in [3.63, 3.8) is 0 Å². The van der Waals surface area contributed by atoms with E-state index in [1.54, 1.807) is 0 Å². The molecule has 4 atom stereocenters. The maximum absolute atomic E-state index is 9.92. The minimum Gasteiger partial charge on any atom is -0.394 e. The molecule has 2 N–H and O–H groups in total. The van der Waals surface area contributed by atoms with E-state index in [9.17, 15) is 5.11 Å². The molecule has 0 saturated carbocycles. The lowest BCUT2D eigenvalue weighted by molar-refractivity contribution is -0.0875. The molecule has 0 aromatic carbocycles. The number of rotatable bonds is 2. The van der Waals surface area contributed by atoms with E-state index < -0.39 is 6.10 Å². The summed E-state index contributed by atoms with van der Waals surface area (Å²) in [6, 6.07) is -0.184. The highest BCUT2D eigenvalue weighted by Crippen LogP contribution is 2.36. The van der Waals surface area contributed by atoms with Gasteiger partial charge in [-0.15, -0.1) is 0 Å². The molecule has 2 heterocycles. The lowest BCUT2D eigenvalue weighted by Gasteiger charge is -2.33. The second kappa shape index (κ2) is 4.91. The molecule has 16 heavy (non-hydrogen) atoms. The minimum absolute atomic E-state index is 0.0419. The fourth-order valence-corrected chi connectivity index (χ4v) is 3.16. The van der Waals surface area contributed by atoms with Gasteiger partial charge in [0.05, 0.1) is 18.8 Å². The summed E-state index contributed by atoms with van der Waals surface area (Å²) in [7, 11) is 1.97. The third kappa shape index (κ3) is 2.20. The molecule has 6 heteroatoms. The predicted octanol–water partition coefficient (Wildman–Crippen LogP) is -0.122. The van der Waals surface area contributed by atoms with Gasteiger partial charge in [0.1, 0.15) is 11.5 Å². The van der Waals surface area contributed by atoms with Crippen LogP contribution in [0.25, 0.3) is 0 Å². The highest BCUT2D eigenvalue weighted by molar-refractivity contribution is 8.14. The van der Waals surface area contributed by atoms with Crippen molar-refractivity contribution in [3.8, 4) is 0 Å². The topological polar surface area (TPSA) is 65.3 Å². The molecule has 2 aliphatic rings. The second-order valence-corrected chi connectivity index (χ2v) is 5.21. The number of fused-ring (bicyclic) bond motifs is 1.